The summed E-state index contributed by atoms with van der Waals surface area (Å²) in [6.45, 7) is 1.71. The maximum Gasteiger partial charge on any atom is 0.342 e. The minimum Gasteiger partial charge on any atom is -0.494 e. The van der Waals surface area contributed by atoms with Gasteiger partial charge in [-0.05, 0) is 25.1 Å². The molecule has 1 aliphatic rings. The van der Waals surface area contributed by atoms with Crippen LogP contribution in [0.5, 0.6) is 5.75 Å². The predicted molar refractivity (Wildman–Crippen MR) is 99.7 cm³/mol. The number of esters is 1. The summed E-state index contributed by atoms with van der Waals surface area (Å²) < 4.78 is 9.98. The average molecular weight is 410 g/mol. The molecule has 3 rings (SSSR count). The van der Waals surface area contributed by atoms with E-state index >= 15 is 0 Å². The monoisotopic (exact) mass is 409 g/mol. The lowest BCUT2D eigenvalue weighted by atomic mass is 9.97. The smallest absolute Gasteiger partial charge is 0.342 e. The van der Waals surface area contributed by atoms with Crippen molar-refractivity contribution in [1.29, 1.82) is 0 Å². The molecular formula is C17H13Cl2N3O5. The van der Waals surface area contributed by atoms with Crippen molar-refractivity contribution in [3.8, 4) is 5.75 Å². The molecule has 0 saturated carbocycles. The van der Waals surface area contributed by atoms with Crippen LogP contribution < -0.4 is 10.4 Å². The van der Waals surface area contributed by atoms with Crippen molar-refractivity contribution in [2.75, 3.05) is 13.7 Å². The van der Waals surface area contributed by atoms with E-state index in [4.69, 9.17) is 32.7 Å². The number of aliphatic imine (C=N–C) groups is 1. The molecule has 0 aliphatic heterocycles. The van der Waals surface area contributed by atoms with Crippen LogP contribution in [0.15, 0.2) is 33.6 Å². The van der Waals surface area contributed by atoms with Gasteiger partial charge in [0.2, 0.25) is 5.78 Å². The molecule has 2 aromatic rings. The summed E-state index contributed by atoms with van der Waals surface area (Å²) in [7, 11) is 1.43. The van der Waals surface area contributed by atoms with Crippen LogP contribution in [0.4, 0.5) is 5.69 Å². The van der Waals surface area contributed by atoms with Gasteiger partial charge in [0.1, 0.15) is 11.3 Å². The van der Waals surface area contributed by atoms with E-state index in [9.17, 15) is 14.4 Å². The molecule has 1 aliphatic carbocycles. The fourth-order valence-electron chi connectivity index (χ4n) is 2.55. The number of hydrogen-bond acceptors (Lipinski definition) is 6. The molecule has 140 valence electrons. The number of hydrogen-bond donors (Lipinski definition) is 2. The number of aromatic nitrogens is 2. The number of imidazole rings is 1. The average Bonchev–Trinajstić information content (AvgIpc) is 3.00. The van der Waals surface area contributed by atoms with Crippen LogP contribution in [0, 0.1) is 0 Å². The molecule has 0 radical (unpaired) electrons. The minimum atomic E-state index is -0.811. The zero-order chi connectivity index (χ0) is 19.7. The lowest BCUT2D eigenvalue weighted by Gasteiger charge is -2.13. The largest absolute Gasteiger partial charge is 0.494 e. The summed E-state index contributed by atoms with van der Waals surface area (Å²) in [4.78, 5) is 45.4. The van der Waals surface area contributed by atoms with Crippen molar-refractivity contribution in [3.63, 3.8) is 0 Å². The van der Waals surface area contributed by atoms with Crippen LogP contribution in [0.2, 0.25) is 10.0 Å². The Morgan fingerprint density at radius 2 is 1.78 bits per heavy atom. The number of nitrogens with one attached hydrogen (secondary N) is 2. The van der Waals surface area contributed by atoms with Gasteiger partial charge in [-0.1, -0.05) is 23.2 Å². The maximum absolute atomic E-state index is 12.5. The molecule has 0 amide bonds. The van der Waals surface area contributed by atoms with Gasteiger partial charge in [-0.15, -0.1) is 0 Å². The number of fused-ring (bicyclic) bond motifs is 1. The molecule has 10 heteroatoms. The third-order valence-electron chi connectivity index (χ3n) is 3.67. The van der Waals surface area contributed by atoms with E-state index in [-0.39, 0.29) is 39.3 Å². The van der Waals surface area contributed by atoms with Gasteiger partial charge in [0, 0.05) is 0 Å². The molecule has 0 spiro atoms. The Kier molecular flexibility index (Phi) is 5.20. The van der Waals surface area contributed by atoms with E-state index in [0.717, 1.165) is 0 Å². The summed E-state index contributed by atoms with van der Waals surface area (Å²) in [5.41, 5.74) is -0.267. The van der Waals surface area contributed by atoms with Crippen molar-refractivity contribution in [3.05, 3.63) is 55.7 Å². The number of carbonyl (C=O) groups is 2. The Balaban J connectivity index is 2.16. The van der Waals surface area contributed by atoms with Crippen LogP contribution in [0.1, 0.15) is 23.1 Å². The second-order valence-electron chi connectivity index (χ2n) is 5.38. The highest BCUT2D eigenvalue weighted by molar-refractivity contribution is 6.38. The van der Waals surface area contributed by atoms with Gasteiger partial charge in [-0.25, -0.2) is 14.6 Å². The van der Waals surface area contributed by atoms with Gasteiger partial charge in [-0.2, -0.15) is 0 Å². The molecule has 0 fully saturated rings. The number of carbonyl (C=O) groups excluding carboxylic acids is 2. The molecule has 1 aromatic carbocycles. The number of nitrogens with zero attached hydrogens (tertiary/aromatic N) is 1. The highest BCUT2D eigenvalue weighted by atomic mass is 35.5. The van der Waals surface area contributed by atoms with Crippen LogP contribution in [0.3, 0.4) is 0 Å². The molecular weight excluding hydrogens is 397 g/mol. The Morgan fingerprint density at radius 3 is 2.37 bits per heavy atom. The first-order valence-electron chi connectivity index (χ1n) is 7.73. The highest BCUT2D eigenvalue weighted by Gasteiger charge is 2.32. The lowest BCUT2D eigenvalue weighted by molar-refractivity contribution is -0.138. The van der Waals surface area contributed by atoms with E-state index in [2.05, 4.69) is 15.0 Å². The van der Waals surface area contributed by atoms with Gasteiger partial charge in [0.25, 0.3) is 0 Å². The van der Waals surface area contributed by atoms with Gasteiger partial charge in [0.05, 0.1) is 40.9 Å². The number of aromatic amines is 2. The third-order valence-corrected chi connectivity index (χ3v) is 4.23. The van der Waals surface area contributed by atoms with Crippen molar-refractivity contribution in [2.45, 2.75) is 6.92 Å². The molecule has 0 atom stereocenters. The standard InChI is InChI=1S/C17H13Cl2N3O5/c1-3-27-16(24)8-6-11(12-13(14(8)23)22-17(25)21-12)20-7-4-9(18)15(26-2)10(19)5-7/h4-6H,3H2,1-2H3,(H2,21,22,25). The van der Waals surface area contributed by atoms with E-state index < -0.39 is 17.4 Å². The number of methoxy groups -OCH3 is 1. The molecule has 0 unspecified atom stereocenters. The number of allylic oxidation sites excluding steroid dienone is 1. The number of H-pyrrole nitrogens is 2. The zero-order valence-electron chi connectivity index (χ0n) is 14.2. The van der Waals surface area contributed by atoms with Gasteiger partial charge in [-0.3, -0.25) is 4.79 Å². The number of Topliss-reactive ketones (excluding diaryl/α,β-unsaturated/α-hetero) is 1. The number of ether oxygens (including phenoxy) is 2. The summed E-state index contributed by atoms with van der Waals surface area (Å²) >= 11 is 12.2. The van der Waals surface area contributed by atoms with Crippen LogP contribution in [0.25, 0.3) is 0 Å². The fraction of sp³-hybridized carbons (Fsp3) is 0.176. The van der Waals surface area contributed by atoms with E-state index in [1.54, 1.807) is 6.92 Å². The van der Waals surface area contributed by atoms with E-state index in [1.807, 2.05) is 0 Å². The van der Waals surface area contributed by atoms with E-state index in [0.29, 0.717) is 11.4 Å². The first-order valence-corrected chi connectivity index (χ1v) is 8.49. The molecule has 0 bridgehead atoms. The zero-order valence-corrected chi connectivity index (χ0v) is 15.7. The molecule has 8 nitrogen and oxygen atoms in total. The van der Waals surface area contributed by atoms with Crippen molar-refractivity contribution in [2.24, 2.45) is 4.99 Å². The molecule has 27 heavy (non-hydrogen) atoms. The summed E-state index contributed by atoms with van der Waals surface area (Å²) in [5.74, 6) is -1.18. The molecule has 1 aromatic heterocycles. The Labute approximate surface area is 162 Å². The second kappa shape index (κ2) is 7.42. The second-order valence-corrected chi connectivity index (χ2v) is 6.19. The summed E-state index contributed by atoms with van der Waals surface area (Å²) in [6, 6.07) is 3.00. The normalized spacial score (nSPS) is 14.7. The molecule has 2 N–H and O–H groups in total. The Hall–Kier alpha value is -2.84. The first kappa shape index (κ1) is 18.9. The Bertz CT molecular complexity index is 1040. The van der Waals surface area contributed by atoms with Crippen LogP contribution >= 0.6 is 23.2 Å². The first-order chi connectivity index (χ1) is 12.8. The Morgan fingerprint density at radius 1 is 1.15 bits per heavy atom. The van der Waals surface area contributed by atoms with Crippen LogP contribution in [-0.2, 0) is 9.53 Å². The maximum atomic E-state index is 12.5. The molecule has 0 saturated heterocycles. The number of halogens is 2. The van der Waals surface area contributed by atoms with Crippen LogP contribution in [-0.4, -0.2) is 41.1 Å². The topological polar surface area (TPSA) is 114 Å². The lowest BCUT2D eigenvalue weighted by Crippen LogP contribution is -2.24. The van der Waals surface area contributed by atoms with Gasteiger partial charge >= 0.3 is 11.7 Å². The summed E-state index contributed by atoms with van der Waals surface area (Å²) in [6.07, 6.45) is 1.25. The van der Waals surface area contributed by atoms with Gasteiger partial charge < -0.3 is 19.4 Å². The number of benzene rings is 1. The van der Waals surface area contributed by atoms with Gasteiger partial charge in [0.15, 0.2) is 5.75 Å². The summed E-state index contributed by atoms with van der Waals surface area (Å²) in [5, 5.41) is 0.460. The third kappa shape index (κ3) is 3.54. The van der Waals surface area contributed by atoms with Crippen molar-refractivity contribution < 1.29 is 19.1 Å². The number of rotatable bonds is 4. The molecule has 1 heterocycles. The van der Waals surface area contributed by atoms with E-state index in [1.165, 1.54) is 25.3 Å². The quantitative estimate of drug-likeness (QED) is 0.595. The number of ketones is 1. The fourth-order valence-corrected chi connectivity index (χ4v) is 3.18. The highest BCUT2D eigenvalue weighted by Crippen LogP contribution is 2.37. The van der Waals surface area contributed by atoms with Crippen molar-refractivity contribution in [1.82, 2.24) is 9.97 Å². The SMILES string of the molecule is CCOC(=O)C1=CC(=Nc2cc(Cl)c(OC)c(Cl)c2)c2[nH]c(=O)[nH]c2C1=O. The minimum absolute atomic E-state index is 0.0741. The predicted octanol–water partition coefficient (Wildman–Crippen LogP) is 2.83. The van der Waals surface area contributed by atoms with Crippen molar-refractivity contribution >= 4 is 46.4 Å².